The maximum Gasteiger partial charge on any atom is 0.212 e. The third kappa shape index (κ3) is 1.72. The van der Waals surface area contributed by atoms with Crippen LogP contribution in [0.1, 0.15) is 5.56 Å². The molecule has 64 valence electrons. The van der Waals surface area contributed by atoms with Crippen LogP contribution >= 0.6 is 0 Å². The largest absolute Gasteiger partial charge is 0.496 e. The molecule has 12 heavy (non-hydrogen) atoms. The summed E-state index contributed by atoms with van der Waals surface area (Å²) >= 11 is 0. The third-order valence-electron chi connectivity index (χ3n) is 1.48. The van der Waals surface area contributed by atoms with Gasteiger partial charge >= 0.3 is 0 Å². The summed E-state index contributed by atoms with van der Waals surface area (Å²) in [5.74, 6) is 1.21. The maximum atomic E-state index is 10.1. The molecule has 0 saturated carbocycles. The molecule has 1 aromatic heterocycles. The van der Waals surface area contributed by atoms with Gasteiger partial charge in [-0.1, -0.05) is 0 Å². The van der Waals surface area contributed by atoms with Gasteiger partial charge in [0.25, 0.3) is 0 Å². The van der Waals surface area contributed by atoms with Crippen LogP contribution in [-0.4, -0.2) is 18.5 Å². The summed E-state index contributed by atoms with van der Waals surface area (Å²) in [6.45, 7) is 1.89. The second kappa shape index (κ2) is 3.71. The smallest absolute Gasteiger partial charge is 0.212 e. The number of nitrogens with one attached hydrogen (secondary N) is 1. The molecular formula is C8H10N2O2. The van der Waals surface area contributed by atoms with Crippen molar-refractivity contribution in [2.24, 2.45) is 0 Å². The van der Waals surface area contributed by atoms with E-state index in [9.17, 15) is 4.79 Å². The van der Waals surface area contributed by atoms with Crippen molar-refractivity contribution in [3.05, 3.63) is 17.8 Å². The molecule has 0 aromatic carbocycles. The second-order valence-corrected chi connectivity index (χ2v) is 2.30. The fraction of sp³-hybridized carbons (Fsp3) is 0.250. The Hall–Kier alpha value is -1.58. The highest BCUT2D eigenvalue weighted by molar-refractivity contribution is 5.69. The minimum Gasteiger partial charge on any atom is -0.496 e. The number of ether oxygens (including phenoxy) is 1. The van der Waals surface area contributed by atoms with Gasteiger partial charge in [-0.3, -0.25) is 4.79 Å². The summed E-state index contributed by atoms with van der Waals surface area (Å²) in [6.07, 6.45) is 2.22. The van der Waals surface area contributed by atoms with Gasteiger partial charge in [-0.25, -0.2) is 4.98 Å². The van der Waals surface area contributed by atoms with Crippen LogP contribution in [-0.2, 0) is 4.79 Å². The highest BCUT2D eigenvalue weighted by Crippen LogP contribution is 2.18. The number of pyridine rings is 1. The van der Waals surface area contributed by atoms with E-state index in [1.54, 1.807) is 19.4 Å². The van der Waals surface area contributed by atoms with E-state index < -0.39 is 0 Å². The van der Waals surface area contributed by atoms with Crippen molar-refractivity contribution < 1.29 is 9.53 Å². The average Bonchev–Trinajstić information content (AvgIpc) is 2.09. The van der Waals surface area contributed by atoms with Gasteiger partial charge in [-0.05, 0) is 6.92 Å². The number of anilines is 1. The Morgan fingerprint density at radius 2 is 2.42 bits per heavy atom. The predicted molar refractivity (Wildman–Crippen MR) is 45.2 cm³/mol. The Kier molecular flexibility index (Phi) is 2.63. The summed E-state index contributed by atoms with van der Waals surface area (Å²) in [6, 6.07) is 1.67. The maximum absolute atomic E-state index is 10.1. The van der Waals surface area contributed by atoms with E-state index in [0.29, 0.717) is 18.0 Å². The molecular weight excluding hydrogens is 156 g/mol. The van der Waals surface area contributed by atoms with Crippen LogP contribution in [0.25, 0.3) is 0 Å². The highest BCUT2D eigenvalue weighted by Gasteiger charge is 1.99. The van der Waals surface area contributed by atoms with E-state index in [-0.39, 0.29) is 0 Å². The standard InChI is InChI=1S/C8H10N2O2/c1-6-4-9-8(10-5-11)3-7(6)12-2/h3-5H,1-2H3,(H,9,10,11). The molecule has 0 atom stereocenters. The van der Waals surface area contributed by atoms with Gasteiger partial charge in [-0.2, -0.15) is 0 Å². The molecule has 1 rings (SSSR count). The lowest BCUT2D eigenvalue weighted by atomic mass is 10.3. The van der Waals surface area contributed by atoms with Crippen molar-refractivity contribution in [2.75, 3.05) is 12.4 Å². The Labute approximate surface area is 70.6 Å². The Morgan fingerprint density at radius 3 is 3.00 bits per heavy atom. The van der Waals surface area contributed by atoms with Crippen LogP contribution in [0.5, 0.6) is 5.75 Å². The minimum absolute atomic E-state index is 0.493. The van der Waals surface area contributed by atoms with Crippen LogP contribution in [0.2, 0.25) is 0 Å². The molecule has 4 nitrogen and oxygen atoms in total. The van der Waals surface area contributed by atoms with Crippen molar-refractivity contribution in [3.8, 4) is 5.75 Å². The molecule has 0 aliphatic carbocycles. The van der Waals surface area contributed by atoms with Gasteiger partial charge in [0.05, 0.1) is 7.11 Å². The number of carbonyl (C=O) groups is 1. The summed E-state index contributed by atoms with van der Waals surface area (Å²) in [5.41, 5.74) is 0.939. The number of carbonyl (C=O) groups excluding carboxylic acids is 1. The van der Waals surface area contributed by atoms with Gasteiger partial charge in [0.15, 0.2) is 0 Å². The van der Waals surface area contributed by atoms with Crippen molar-refractivity contribution in [3.63, 3.8) is 0 Å². The van der Waals surface area contributed by atoms with Gasteiger partial charge in [-0.15, -0.1) is 0 Å². The summed E-state index contributed by atoms with van der Waals surface area (Å²) in [7, 11) is 1.58. The van der Waals surface area contributed by atoms with Crippen LogP contribution in [0.15, 0.2) is 12.3 Å². The first-order valence-electron chi connectivity index (χ1n) is 3.48. The van der Waals surface area contributed by atoms with Crippen molar-refractivity contribution >= 4 is 12.2 Å². The first-order valence-corrected chi connectivity index (χ1v) is 3.48. The average molecular weight is 166 g/mol. The normalized spacial score (nSPS) is 9.17. The van der Waals surface area contributed by atoms with Crippen LogP contribution in [0.4, 0.5) is 5.82 Å². The number of aromatic nitrogens is 1. The number of nitrogens with zero attached hydrogens (tertiary/aromatic N) is 1. The van der Waals surface area contributed by atoms with E-state index in [1.165, 1.54) is 0 Å². The molecule has 1 amide bonds. The van der Waals surface area contributed by atoms with Crippen molar-refractivity contribution in [1.29, 1.82) is 0 Å². The van der Waals surface area contributed by atoms with E-state index in [2.05, 4.69) is 10.3 Å². The lowest BCUT2D eigenvalue weighted by Gasteiger charge is -2.04. The summed E-state index contributed by atoms with van der Waals surface area (Å²) < 4.78 is 5.04. The first kappa shape index (κ1) is 8.52. The number of amides is 1. The quantitative estimate of drug-likeness (QED) is 0.680. The van der Waals surface area contributed by atoms with Crippen LogP contribution in [0, 0.1) is 6.92 Å². The number of aryl methyl sites for hydroxylation is 1. The van der Waals surface area contributed by atoms with Gasteiger partial charge in [0.2, 0.25) is 6.41 Å². The zero-order valence-corrected chi connectivity index (χ0v) is 7.00. The molecule has 4 heteroatoms. The predicted octanol–water partition coefficient (Wildman–Crippen LogP) is 0.967. The third-order valence-corrected chi connectivity index (χ3v) is 1.48. The molecule has 0 bridgehead atoms. The summed E-state index contributed by atoms with van der Waals surface area (Å²) in [4.78, 5) is 14.0. The monoisotopic (exact) mass is 166 g/mol. The number of methoxy groups -OCH3 is 1. The molecule has 0 aliphatic heterocycles. The van der Waals surface area contributed by atoms with E-state index >= 15 is 0 Å². The van der Waals surface area contributed by atoms with Crippen LogP contribution in [0.3, 0.4) is 0 Å². The molecule has 1 aromatic rings. The fourth-order valence-electron chi connectivity index (χ4n) is 0.864. The molecule has 0 unspecified atom stereocenters. The van der Waals surface area contributed by atoms with E-state index in [0.717, 1.165) is 5.56 Å². The molecule has 1 heterocycles. The molecule has 1 N–H and O–H groups in total. The van der Waals surface area contributed by atoms with Gasteiger partial charge < -0.3 is 10.1 Å². The molecule has 0 fully saturated rings. The fourth-order valence-corrected chi connectivity index (χ4v) is 0.864. The zero-order valence-electron chi connectivity index (χ0n) is 7.00. The van der Waals surface area contributed by atoms with E-state index in [1.807, 2.05) is 6.92 Å². The second-order valence-electron chi connectivity index (χ2n) is 2.30. The molecule has 0 aliphatic rings. The number of hydrogen-bond donors (Lipinski definition) is 1. The van der Waals surface area contributed by atoms with Crippen LogP contribution < -0.4 is 10.1 Å². The Bertz CT molecular complexity index is 286. The Balaban J connectivity index is 2.96. The SMILES string of the molecule is COc1cc(NC=O)ncc1C. The minimum atomic E-state index is 0.493. The Morgan fingerprint density at radius 1 is 1.67 bits per heavy atom. The summed E-state index contributed by atoms with van der Waals surface area (Å²) in [5, 5.41) is 2.44. The molecule has 0 saturated heterocycles. The van der Waals surface area contributed by atoms with E-state index in [4.69, 9.17) is 4.74 Å². The zero-order chi connectivity index (χ0) is 8.97. The first-order chi connectivity index (χ1) is 5.77. The van der Waals surface area contributed by atoms with Crippen molar-refractivity contribution in [2.45, 2.75) is 6.92 Å². The number of rotatable bonds is 3. The topological polar surface area (TPSA) is 51.2 Å². The van der Waals surface area contributed by atoms with Gasteiger partial charge in [0.1, 0.15) is 11.6 Å². The van der Waals surface area contributed by atoms with Crippen molar-refractivity contribution in [1.82, 2.24) is 4.98 Å². The number of hydrogen-bond acceptors (Lipinski definition) is 3. The molecule has 0 radical (unpaired) electrons. The lowest BCUT2D eigenvalue weighted by molar-refractivity contribution is -0.105. The van der Waals surface area contributed by atoms with Gasteiger partial charge in [0, 0.05) is 17.8 Å². The molecule has 0 spiro atoms. The highest BCUT2D eigenvalue weighted by atomic mass is 16.5. The lowest BCUT2D eigenvalue weighted by Crippen LogP contribution is -1.98.